The van der Waals surface area contributed by atoms with Crippen LogP contribution in [-0.4, -0.2) is 30.8 Å². The number of nitrogens with zero attached hydrogens (tertiary/aromatic N) is 1. The van der Waals surface area contributed by atoms with E-state index < -0.39 is 11.5 Å². The van der Waals surface area contributed by atoms with Gasteiger partial charge in [0, 0.05) is 26.1 Å². The van der Waals surface area contributed by atoms with Crippen molar-refractivity contribution >= 4 is 5.91 Å². The summed E-state index contributed by atoms with van der Waals surface area (Å²) in [6, 6.07) is 6.05. The Hall–Kier alpha value is -1.49. The highest BCUT2D eigenvalue weighted by atomic mass is 19.3. The van der Waals surface area contributed by atoms with Crippen LogP contribution in [0.1, 0.15) is 22.3 Å². The van der Waals surface area contributed by atoms with Crippen LogP contribution in [0.5, 0.6) is 0 Å². The number of halogens is 2. The van der Waals surface area contributed by atoms with E-state index in [9.17, 15) is 13.6 Å². The molecule has 0 bridgehead atoms. The largest absolute Gasteiger partial charge is 0.345 e. The molecule has 5 heteroatoms. The SMILES string of the molecule is CN(C)C(=O)c1ccc(C2(N)CC2(F)F)cc1. The van der Waals surface area contributed by atoms with Gasteiger partial charge in [0.05, 0.1) is 0 Å². The van der Waals surface area contributed by atoms with Crippen molar-refractivity contribution in [3.8, 4) is 0 Å². The summed E-state index contributed by atoms with van der Waals surface area (Å²) in [5.74, 6) is -3.00. The van der Waals surface area contributed by atoms with Crippen molar-refractivity contribution in [1.82, 2.24) is 4.90 Å². The predicted octanol–water partition coefficient (Wildman–Crippen LogP) is 1.58. The lowest BCUT2D eigenvalue weighted by Gasteiger charge is -2.13. The average Bonchev–Trinajstić information content (AvgIpc) is 2.78. The van der Waals surface area contributed by atoms with Gasteiger partial charge < -0.3 is 10.6 Å². The van der Waals surface area contributed by atoms with Gasteiger partial charge in [0.25, 0.3) is 11.8 Å². The monoisotopic (exact) mass is 240 g/mol. The third kappa shape index (κ3) is 1.80. The molecule has 1 atom stereocenters. The maximum atomic E-state index is 13.1. The molecule has 1 unspecified atom stereocenters. The molecule has 1 aliphatic carbocycles. The van der Waals surface area contributed by atoms with E-state index in [1.54, 1.807) is 14.1 Å². The van der Waals surface area contributed by atoms with Crippen molar-refractivity contribution < 1.29 is 13.6 Å². The van der Waals surface area contributed by atoms with Crippen molar-refractivity contribution in [2.45, 2.75) is 17.9 Å². The first-order valence-corrected chi connectivity index (χ1v) is 5.27. The van der Waals surface area contributed by atoms with Crippen LogP contribution in [0, 0.1) is 0 Å². The number of nitrogens with two attached hydrogens (primary N) is 1. The minimum atomic E-state index is -2.83. The predicted molar refractivity (Wildman–Crippen MR) is 59.9 cm³/mol. The number of amides is 1. The van der Waals surface area contributed by atoms with Crippen LogP contribution in [-0.2, 0) is 5.54 Å². The molecule has 0 aliphatic heterocycles. The van der Waals surface area contributed by atoms with Gasteiger partial charge in [0.2, 0.25) is 0 Å². The summed E-state index contributed by atoms with van der Waals surface area (Å²) >= 11 is 0. The molecule has 2 rings (SSSR count). The molecule has 0 saturated heterocycles. The molecule has 0 aromatic heterocycles. The van der Waals surface area contributed by atoms with Crippen molar-refractivity contribution in [3.05, 3.63) is 35.4 Å². The second-order valence-corrected chi connectivity index (χ2v) is 4.63. The Morgan fingerprint density at radius 3 is 2.12 bits per heavy atom. The molecule has 2 N–H and O–H groups in total. The second-order valence-electron chi connectivity index (χ2n) is 4.63. The van der Waals surface area contributed by atoms with Crippen molar-refractivity contribution in [1.29, 1.82) is 0 Å². The van der Waals surface area contributed by atoms with Crippen LogP contribution in [0.2, 0.25) is 0 Å². The van der Waals surface area contributed by atoms with Crippen molar-refractivity contribution in [2.24, 2.45) is 5.73 Å². The summed E-state index contributed by atoms with van der Waals surface area (Å²) < 4.78 is 26.1. The van der Waals surface area contributed by atoms with Crippen LogP contribution in [0.3, 0.4) is 0 Å². The van der Waals surface area contributed by atoms with Crippen LogP contribution >= 0.6 is 0 Å². The minimum absolute atomic E-state index is 0.162. The van der Waals surface area contributed by atoms with Crippen molar-refractivity contribution in [2.75, 3.05) is 14.1 Å². The van der Waals surface area contributed by atoms with Gasteiger partial charge >= 0.3 is 0 Å². The van der Waals surface area contributed by atoms with E-state index in [4.69, 9.17) is 5.73 Å². The Morgan fingerprint density at radius 1 is 1.29 bits per heavy atom. The van der Waals surface area contributed by atoms with Gasteiger partial charge in [-0.15, -0.1) is 0 Å². The Kier molecular flexibility index (Phi) is 2.47. The molecular formula is C12H14F2N2O. The van der Waals surface area contributed by atoms with E-state index in [1.165, 1.54) is 29.2 Å². The molecule has 1 aromatic carbocycles. The Morgan fingerprint density at radius 2 is 1.76 bits per heavy atom. The van der Waals surface area contributed by atoms with Crippen LogP contribution < -0.4 is 5.73 Å². The smallest absolute Gasteiger partial charge is 0.272 e. The fourth-order valence-electron chi connectivity index (χ4n) is 1.79. The standard InChI is InChI=1S/C12H14F2N2O/c1-16(2)10(17)8-3-5-9(6-4-8)11(15)7-12(11,13)14/h3-6H,7,15H2,1-2H3. The van der Waals surface area contributed by atoms with Gasteiger partial charge in [0.1, 0.15) is 5.54 Å². The van der Waals surface area contributed by atoms with Crippen molar-refractivity contribution in [3.63, 3.8) is 0 Å². The summed E-state index contributed by atoms with van der Waals surface area (Å²) in [7, 11) is 3.27. The Balaban J connectivity index is 2.23. The minimum Gasteiger partial charge on any atom is -0.345 e. The maximum absolute atomic E-state index is 13.1. The van der Waals surface area contributed by atoms with E-state index in [2.05, 4.69) is 0 Å². The molecule has 0 heterocycles. The number of alkyl halides is 2. The second kappa shape index (κ2) is 3.50. The van der Waals surface area contributed by atoms with Crippen LogP contribution in [0.4, 0.5) is 8.78 Å². The molecule has 1 fully saturated rings. The number of carbonyl (C=O) groups excluding carboxylic acids is 1. The summed E-state index contributed by atoms with van der Waals surface area (Å²) in [5.41, 5.74) is 4.87. The van der Waals surface area contributed by atoms with E-state index in [0.717, 1.165) is 0 Å². The molecule has 17 heavy (non-hydrogen) atoms. The van der Waals surface area contributed by atoms with E-state index in [0.29, 0.717) is 11.1 Å². The lowest BCUT2D eigenvalue weighted by atomic mass is 10.0. The van der Waals surface area contributed by atoms with Crippen LogP contribution in [0.15, 0.2) is 24.3 Å². The third-order valence-electron chi connectivity index (χ3n) is 3.08. The molecule has 1 aliphatic rings. The molecular weight excluding hydrogens is 226 g/mol. The molecule has 92 valence electrons. The summed E-state index contributed by atoms with van der Waals surface area (Å²) in [6.45, 7) is 0. The number of benzene rings is 1. The highest BCUT2D eigenvalue weighted by Gasteiger charge is 2.69. The number of rotatable bonds is 2. The Bertz CT molecular complexity index is 456. The quantitative estimate of drug-likeness (QED) is 0.853. The van der Waals surface area contributed by atoms with Gasteiger partial charge in [0.15, 0.2) is 0 Å². The summed E-state index contributed by atoms with van der Waals surface area (Å²) in [6.07, 6.45) is -0.332. The topological polar surface area (TPSA) is 46.3 Å². The third-order valence-corrected chi connectivity index (χ3v) is 3.08. The van der Waals surface area contributed by atoms with Crippen LogP contribution in [0.25, 0.3) is 0 Å². The lowest BCUT2D eigenvalue weighted by molar-refractivity contribution is 0.0827. The number of carbonyl (C=O) groups is 1. The first-order valence-electron chi connectivity index (χ1n) is 5.27. The molecule has 1 amide bonds. The van der Waals surface area contributed by atoms with E-state index >= 15 is 0 Å². The fourth-order valence-corrected chi connectivity index (χ4v) is 1.79. The number of hydrogen-bond acceptors (Lipinski definition) is 2. The average molecular weight is 240 g/mol. The summed E-state index contributed by atoms with van der Waals surface area (Å²) in [4.78, 5) is 13.0. The van der Waals surface area contributed by atoms with Gasteiger partial charge in [-0.25, -0.2) is 8.78 Å². The zero-order valence-electron chi connectivity index (χ0n) is 9.71. The fraction of sp³-hybridized carbons (Fsp3) is 0.417. The Labute approximate surface area is 98.2 Å². The zero-order chi connectivity index (χ0) is 12.8. The molecule has 3 nitrogen and oxygen atoms in total. The molecule has 0 spiro atoms. The highest BCUT2D eigenvalue weighted by molar-refractivity contribution is 5.93. The highest BCUT2D eigenvalue weighted by Crippen LogP contribution is 2.57. The molecule has 1 aromatic rings. The maximum Gasteiger partial charge on any atom is 0.272 e. The molecule has 0 radical (unpaired) electrons. The zero-order valence-corrected chi connectivity index (χ0v) is 9.71. The first-order chi connectivity index (χ1) is 7.78. The summed E-state index contributed by atoms with van der Waals surface area (Å²) in [5, 5.41) is 0. The number of hydrogen-bond donors (Lipinski definition) is 1. The van der Waals surface area contributed by atoms with E-state index in [1.807, 2.05) is 0 Å². The lowest BCUT2D eigenvalue weighted by Crippen LogP contribution is -2.27. The van der Waals surface area contributed by atoms with Gasteiger partial charge in [-0.2, -0.15) is 0 Å². The molecule has 1 saturated carbocycles. The van der Waals surface area contributed by atoms with Gasteiger partial charge in [-0.3, -0.25) is 4.79 Å². The normalized spacial score (nSPS) is 25.5. The van der Waals surface area contributed by atoms with Gasteiger partial charge in [-0.1, -0.05) is 12.1 Å². The first kappa shape index (κ1) is 12.0. The van der Waals surface area contributed by atoms with Gasteiger partial charge in [-0.05, 0) is 17.7 Å². The van der Waals surface area contributed by atoms with E-state index in [-0.39, 0.29) is 12.3 Å².